The van der Waals surface area contributed by atoms with Crippen LogP contribution < -0.4 is 15.8 Å². The van der Waals surface area contributed by atoms with Crippen LogP contribution in [0, 0.1) is 12.3 Å². The van der Waals surface area contributed by atoms with Gasteiger partial charge in [0.05, 0.1) is 0 Å². The molecule has 27 heavy (non-hydrogen) atoms. The number of fused-ring (bicyclic) bond motifs is 1. The molecule has 1 aromatic heterocycles. The number of carbonyl (C=O) groups excluding carboxylic acids is 1. The molecule has 0 aliphatic carbocycles. The van der Waals surface area contributed by atoms with E-state index in [0.29, 0.717) is 16.3 Å². The lowest BCUT2D eigenvalue weighted by molar-refractivity contribution is 0.102. The molecule has 0 atom stereocenters. The van der Waals surface area contributed by atoms with Gasteiger partial charge in [-0.1, -0.05) is 17.7 Å². The van der Waals surface area contributed by atoms with E-state index < -0.39 is 5.91 Å². The Bertz CT molecular complexity index is 1050. The first-order valence-electron chi connectivity index (χ1n) is 8.88. The van der Waals surface area contributed by atoms with Crippen LogP contribution >= 0.6 is 11.6 Å². The molecule has 0 radical (unpaired) electrons. The van der Waals surface area contributed by atoms with Crippen LogP contribution in [0.1, 0.15) is 29.8 Å². The Hall–Kier alpha value is -2.79. The minimum atomic E-state index is -0.399. The molecule has 0 saturated carbocycles. The number of carbonyl (C=O) groups is 1. The van der Waals surface area contributed by atoms with Crippen LogP contribution in [0.3, 0.4) is 0 Å². The number of hydrogen-bond donors (Lipinski definition) is 2. The van der Waals surface area contributed by atoms with E-state index in [9.17, 15) is 4.79 Å². The van der Waals surface area contributed by atoms with Crippen molar-refractivity contribution in [3.8, 4) is 0 Å². The lowest BCUT2D eigenvalue weighted by Gasteiger charge is -2.21. The third-order valence-electron chi connectivity index (χ3n) is 4.64. The van der Waals surface area contributed by atoms with Crippen molar-refractivity contribution in [2.24, 2.45) is 0 Å². The number of rotatable bonds is 5. The highest BCUT2D eigenvalue weighted by Crippen LogP contribution is 2.24. The average molecular weight is 384 g/mol. The minimum Gasteiger partial charge on any atom is -0.438 e. The van der Waals surface area contributed by atoms with Crippen molar-refractivity contribution in [2.45, 2.75) is 20.8 Å². The molecule has 3 aromatic rings. The molecule has 0 bridgehead atoms. The lowest BCUT2D eigenvalue weighted by Crippen LogP contribution is -2.22. The highest BCUT2D eigenvalue weighted by atomic mass is 35.5. The predicted molar refractivity (Wildman–Crippen MR) is 110 cm³/mol. The molecule has 5 nitrogen and oxygen atoms in total. The van der Waals surface area contributed by atoms with Crippen LogP contribution in [0.15, 0.2) is 46.9 Å². The Kier molecular flexibility index (Phi) is 5.51. The smallest absolute Gasteiger partial charge is 0.261 e. The van der Waals surface area contributed by atoms with Gasteiger partial charge >= 0.3 is 0 Å². The molecular weight excluding hydrogens is 362 g/mol. The Morgan fingerprint density at radius 2 is 1.93 bits per heavy atom. The zero-order valence-electron chi connectivity index (χ0n) is 15.6. The summed E-state index contributed by atoms with van der Waals surface area (Å²) in [7, 11) is 0. The molecule has 0 aliphatic rings. The number of benzene rings is 2. The van der Waals surface area contributed by atoms with Crippen molar-refractivity contribution in [2.75, 3.05) is 23.3 Å². The zero-order valence-corrected chi connectivity index (χ0v) is 16.4. The van der Waals surface area contributed by atoms with E-state index in [1.165, 1.54) is 0 Å². The van der Waals surface area contributed by atoms with Crippen LogP contribution in [0.2, 0.25) is 5.02 Å². The maximum atomic E-state index is 12.7. The summed E-state index contributed by atoms with van der Waals surface area (Å²) in [5, 5.41) is 12.3. The predicted octanol–water partition coefficient (Wildman–Crippen LogP) is 4.97. The molecule has 1 amide bonds. The van der Waals surface area contributed by atoms with Crippen LogP contribution in [0.4, 0.5) is 11.4 Å². The number of halogens is 1. The van der Waals surface area contributed by atoms with Crippen LogP contribution in [-0.2, 0) is 0 Å². The van der Waals surface area contributed by atoms with Crippen molar-refractivity contribution in [1.29, 1.82) is 5.41 Å². The van der Waals surface area contributed by atoms with Crippen molar-refractivity contribution in [1.82, 2.24) is 0 Å². The number of nitrogens with one attached hydrogen (secondary N) is 2. The Labute approximate surface area is 163 Å². The number of anilines is 2. The molecule has 0 saturated heterocycles. The van der Waals surface area contributed by atoms with Crippen LogP contribution in [0.5, 0.6) is 0 Å². The van der Waals surface area contributed by atoms with Gasteiger partial charge in [0.2, 0.25) is 5.55 Å². The van der Waals surface area contributed by atoms with Gasteiger partial charge in [0.25, 0.3) is 5.91 Å². The van der Waals surface area contributed by atoms with Gasteiger partial charge in [-0.25, -0.2) is 0 Å². The Balaban J connectivity index is 1.96. The van der Waals surface area contributed by atoms with E-state index in [0.717, 1.165) is 29.7 Å². The second kappa shape index (κ2) is 7.84. The molecule has 6 heteroatoms. The van der Waals surface area contributed by atoms with E-state index in [4.69, 9.17) is 21.4 Å². The molecule has 140 valence electrons. The maximum absolute atomic E-state index is 12.7. The maximum Gasteiger partial charge on any atom is 0.261 e. The fourth-order valence-electron chi connectivity index (χ4n) is 3.00. The first-order valence-corrected chi connectivity index (χ1v) is 9.26. The van der Waals surface area contributed by atoms with Crippen LogP contribution in [0.25, 0.3) is 11.0 Å². The average Bonchev–Trinajstić information content (AvgIpc) is 2.65. The monoisotopic (exact) mass is 383 g/mol. The van der Waals surface area contributed by atoms with Crippen molar-refractivity contribution >= 4 is 39.9 Å². The molecule has 1 heterocycles. The Morgan fingerprint density at radius 3 is 2.63 bits per heavy atom. The van der Waals surface area contributed by atoms with E-state index >= 15 is 0 Å². The van der Waals surface area contributed by atoms with Gasteiger partial charge in [0.15, 0.2) is 0 Å². The van der Waals surface area contributed by atoms with Gasteiger partial charge < -0.3 is 14.6 Å². The topological polar surface area (TPSA) is 69.3 Å². The Morgan fingerprint density at radius 1 is 1.19 bits per heavy atom. The quantitative estimate of drug-likeness (QED) is 0.653. The third-order valence-corrected chi connectivity index (χ3v) is 5.05. The van der Waals surface area contributed by atoms with Gasteiger partial charge in [0, 0.05) is 40.9 Å². The van der Waals surface area contributed by atoms with E-state index in [2.05, 4.69) is 24.1 Å². The molecule has 0 spiro atoms. The summed E-state index contributed by atoms with van der Waals surface area (Å²) >= 11 is 6.11. The van der Waals surface area contributed by atoms with Gasteiger partial charge in [-0.2, -0.15) is 0 Å². The molecule has 2 N–H and O–H groups in total. The summed E-state index contributed by atoms with van der Waals surface area (Å²) in [6.07, 6.45) is 0. The molecule has 0 aliphatic heterocycles. The van der Waals surface area contributed by atoms with E-state index in [-0.39, 0.29) is 11.1 Å². The summed E-state index contributed by atoms with van der Waals surface area (Å²) in [6.45, 7) is 7.78. The molecule has 0 unspecified atom stereocenters. The summed E-state index contributed by atoms with van der Waals surface area (Å²) in [4.78, 5) is 14.9. The lowest BCUT2D eigenvalue weighted by atomic mass is 10.1. The summed E-state index contributed by atoms with van der Waals surface area (Å²) < 4.78 is 5.64. The van der Waals surface area contributed by atoms with Gasteiger partial charge in [-0.05, 0) is 56.7 Å². The largest absolute Gasteiger partial charge is 0.438 e. The van der Waals surface area contributed by atoms with Gasteiger partial charge in [0.1, 0.15) is 11.1 Å². The third kappa shape index (κ3) is 3.83. The van der Waals surface area contributed by atoms with Crippen molar-refractivity contribution in [3.05, 3.63) is 64.2 Å². The zero-order chi connectivity index (χ0) is 19.6. The minimum absolute atomic E-state index is 0.170. The second-order valence-electron chi connectivity index (χ2n) is 6.25. The van der Waals surface area contributed by atoms with E-state index in [1.807, 2.05) is 25.1 Å². The normalized spacial score (nSPS) is 10.8. The standard InChI is InChI=1S/C21H22ClN3O2/c1-4-25(5-2)15-10-9-14-11-16(20(23)27-19(14)12-15)21(26)24-18-8-6-7-17(22)13(18)3/h6-12,23H,4-5H2,1-3H3,(H,24,26). The molecule has 3 rings (SSSR count). The summed E-state index contributed by atoms with van der Waals surface area (Å²) in [5.74, 6) is -0.399. The van der Waals surface area contributed by atoms with Crippen molar-refractivity contribution < 1.29 is 9.21 Å². The van der Waals surface area contributed by atoms with Crippen LogP contribution in [-0.4, -0.2) is 19.0 Å². The first kappa shape index (κ1) is 19.0. The fourth-order valence-corrected chi connectivity index (χ4v) is 3.18. The summed E-state index contributed by atoms with van der Waals surface area (Å²) in [5.41, 5.74) is 3.01. The number of nitrogens with zero attached hydrogens (tertiary/aromatic N) is 1. The highest BCUT2D eigenvalue weighted by Gasteiger charge is 2.14. The molecular formula is C21H22ClN3O2. The van der Waals surface area contributed by atoms with E-state index in [1.54, 1.807) is 24.3 Å². The summed E-state index contributed by atoms with van der Waals surface area (Å²) in [6, 6.07) is 12.8. The fraction of sp³-hybridized carbons (Fsp3) is 0.238. The SMILES string of the molecule is CCN(CC)c1ccc2cc(C(=O)Nc3cccc(Cl)c3C)c(=N)oc2c1. The first-order chi connectivity index (χ1) is 12.9. The van der Waals surface area contributed by atoms with Crippen molar-refractivity contribution in [3.63, 3.8) is 0 Å². The second-order valence-corrected chi connectivity index (χ2v) is 6.66. The number of amides is 1. The molecule has 2 aromatic carbocycles. The van der Waals surface area contributed by atoms with Gasteiger partial charge in [-0.3, -0.25) is 10.2 Å². The number of hydrogen-bond acceptors (Lipinski definition) is 4. The molecule has 0 fully saturated rings. The highest BCUT2D eigenvalue weighted by molar-refractivity contribution is 6.31. The van der Waals surface area contributed by atoms with Gasteiger partial charge in [-0.15, -0.1) is 0 Å².